The first-order valence-electron chi connectivity index (χ1n) is 8.47. The number of aliphatic hydroxyl groups excluding tert-OH is 1. The summed E-state index contributed by atoms with van der Waals surface area (Å²) >= 11 is 0. The summed E-state index contributed by atoms with van der Waals surface area (Å²) in [7, 11) is 3.98. The van der Waals surface area contributed by atoms with Crippen LogP contribution < -0.4 is 4.90 Å². The van der Waals surface area contributed by atoms with Crippen LogP contribution in [0.25, 0.3) is 0 Å². The van der Waals surface area contributed by atoms with Crippen LogP contribution in [0, 0.1) is 5.92 Å². The van der Waals surface area contributed by atoms with Gasteiger partial charge in [-0.1, -0.05) is 44.2 Å². The highest BCUT2D eigenvalue weighted by Gasteiger charge is 2.22. The van der Waals surface area contributed by atoms with E-state index in [-0.39, 0.29) is 5.78 Å². The molecule has 0 aliphatic carbocycles. The van der Waals surface area contributed by atoms with E-state index in [9.17, 15) is 9.90 Å². The summed E-state index contributed by atoms with van der Waals surface area (Å²) in [4.78, 5) is 14.9. The summed E-state index contributed by atoms with van der Waals surface area (Å²) in [6.07, 6.45) is 0.731. The van der Waals surface area contributed by atoms with Crippen LogP contribution in [0.1, 0.15) is 47.9 Å². The molecule has 24 heavy (non-hydrogen) atoms. The Morgan fingerprint density at radius 1 is 1.08 bits per heavy atom. The molecule has 3 nitrogen and oxygen atoms in total. The molecule has 1 N–H and O–H groups in total. The van der Waals surface area contributed by atoms with Crippen molar-refractivity contribution in [3.63, 3.8) is 0 Å². The Bertz CT molecular complexity index is 677. The molecular formula is C21H27NO2. The number of Topliss-reactive ketones (excluding diaryl/α,β-unsaturated/α-hetero) is 1. The Morgan fingerprint density at radius 2 is 1.75 bits per heavy atom. The van der Waals surface area contributed by atoms with Crippen molar-refractivity contribution in [3.8, 4) is 0 Å². The molecular weight excluding hydrogens is 298 g/mol. The van der Waals surface area contributed by atoms with Crippen LogP contribution in [-0.4, -0.2) is 25.0 Å². The van der Waals surface area contributed by atoms with Crippen LogP contribution in [-0.2, 0) is 6.42 Å². The van der Waals surface area contributed by atoms with Crippen molar-refractivity contribution < 1.29 is 9.90 Å². The van der Waals surface area contributed by atoms with Gasteiger partial charge in [-0.15, -0.1) is 0 Å². The van der Waals surface area contributed by atoms with E-state index < -0.39 is 6.10 Å². The smallest absolute Gasteiger partial charge is 0.196 e. The minimum atomic E-state index is -1.12. The van der Waals surface area contributed by atoms with Gasteiger partial charge in [0.1, 0.15) is 6.10 Å². The molecule has 0 aromatic heterocycles. The summed E-state index contributed by atoms with van der Waals surface area (Å²) in [6.45, 7) is 4.35. The van der Waals surface area contributed by atoms with E-state index in [0.717, 1.165) is 24.1 Å². The fraction of sp³-hybridized carbons (Fsp3) is 0.381. The second kappa shape index (κ2) is 8.11. The minimum Gasteiger partial charge on any atom is -0.380 e. The lowest BCUT2D eigenvalue weighted by molar-refractivity contribution is 0.0746. The lowest BCUT2D eigenvalue weighted by Crippen LogP contribution is -2.16. The van der Waals surface area contributed by atoms with Crippen molar-refractivity contribution >= 4 is 11.5 Å². The summed E-state index contributed by atoms with van der Waals surface area (Å²) < 4.78 is 0. The zero-order chi connectivity index (χ0) is 17.7. The number of aryl methyl sites for hydroxylation is 1. The summed E-state index contributed by atoms with van der Waals surface area (Å²) in [5.74, 6) is 0.334. The molecule has 0 radical (unpaired) electrons. The van der Waals surface area contributed by atoms with Crippen LogP contribution in [0.15, 0.2) is 48.5 Å². The van der Waals surface area contributed by atoms with Gasteiger partial charge in [-0.25, -0.2) is 0 Å². The molecule has 128 valence electrons. The molecule has 3 heteroatoms. The number of anilines is 1. The van der Waals surface area contributed by atoms with Gasteiger partial charge in [0.05, 0.1) is 0 Å². The number of rotatable bonds is 7. The summed E-state index contributed by atoms with van der Waals surface area (Å²) in [5.41, 5.74) is 3.33. The Morgan fingerprint density at radius 3 is 2.33 bits per heavy atom. The van der Waals surface area contributed by atoms with Crippen molar-refractivity contribution in [3.05, 3.63) is 65.2 Å². The number of carbonyl (C=O) groups excluding carboxylic acids is 1. The molecule has 0 saturated carbocycles. The number of aliphatic hydroxyl groups is 1. The van der Waals surface area contributed by atoms with Gasteiger partial charge in [0.25, 0.3) is 0 Å². The van der Waals surface area contributed by atoms with Gasteiger partial charge in [-0.3, -0.25) is 4.79 Å². The van der Waals surface area contributed by atoms with Gasteiger partial charge in [0.2, 0.25) is 0 Å². The van der Waals surface area contributed by atoms with Crippen molar-refractivity contribution in [1.29, 1.82) is 0 Å². The molecule has 2 aromatic carbocycles. The van der Waals surface area contributed by atoms with E-state index in [1.807, 2.05) is 49.3 Å². The van der Waals surface area contributed by atoms with Crippen LogP contribution in [0.3, 0.4) is 0 Å². The third kappa shape index (κ3) is 4.45. The number of hydrogen-bond acceptors (Lipinski definition) is 3. The lowest BCUT2D eigenvalue weighted by Gasteiger charge is -2.18. The largest absolute Gasteiger partial charge is 0.380 e. The number of benzene rings is 2. The Hall–Kier alpha value is -2.13. The van der Waals surface area contributed by atoms with Gasteiger partial charge in [0.15, 0.2) is 5.78 Å². The van der Waals surface area contributed by atoms with Crippen LogP contribution in [0.4, 0.5) is 5.69 Å². The number of hydrogen-bond donors (Lipinski definition) is 1. The van der Waals surface area contributed by atoms with Gasteiger partial charge in [-0.05, 0) is 48.1 Å². The first kappa shape index (κ1) is 18.2. The van der Waals surface area contributed by atoms with E-state index in [2.05, 4.69) is 19.9 Å². The standard InChI is InChI=1S/C21H27NO2/c1-15(2)10-11-17-14-18(22(3)4)12-13-19(17)21(24)20(23)16-8-6-5-7-9-16/h5-9,12-15,20,23H,10-11H2,1-4H3. The molecule has 0 fully saturated rings. The topological polar surface area (TPSA) is 40.5 Å². The van der Waals surface area contributed by atoms with E-state index >= 15 is 0 Å². The van der Waals surface area contributed by atoms with Crippen LogP contribution in [0.5, 0.6) is 0 Å². The summed E-state index contributed by atoms with van der Waals surface area (Å²) in [5, 5.41) is 10.5. The number of ketones is 1. The fourth-order valence-electron chi connectivity index (χ4n) is 2.68. The number of nitrogens with zero attached hydrogens (tertiary/aromatic N) is 1. The third-order valence-corrected chi connectivity index (χ3v) is 4.23. The van der Waals surface area contributed by atoms with Gasteiger partial charge >= 0.3 is 0 Å². The van der Waals surface area contributed by atoms with E-state index in [1.165, 1.54) is 0 Å². The van der Waals surface area contributed by atoms with Crippen LogP contribution >= 0.6 is 0 Å². The predicted octanol–water partition coefficient (Wildman–Crippen LogP) is 4.26. The zero-order valence-electron chi connectivity index (χ0n) is 15.0. The summed E-state index contributed by atoms with van der Waals surface area (Å²) in [6, 6.07) is 15.0. The molecule has 0 spiro atoms. The average Bonchev–Trinajstić information content (AvgIpc) is 2.59. The minimum absolute atomic E-state index is 0.231. The molecule has 0 aliphatic heterocycles. The second-order valence-electron chi connectivity index (χ2n) is 6.85. The number of carbonyl (C=O) groups is 1. The maximum absolute atomic E-state index is 12.8. The molecule has 0 aliphatic rings. The Kier molecular flexibility index (Phi) is 6.16. The highest BCUT2D eigenvalue weighted by Crippen LogP contribution is 2.25. The molecule has 0 amide bonds. The van der Waals surface area contributed by atoms with Crippen molar-refractivity contribution in [1.82, 2.24) is 0 Å². The molecule has 2 aromatic rings. The first-order valence-corrected chi connectivity index (χ1v) is 8.47. The molecule has 0 saturated heterocycles. The van der Waals surface area contributed by atoms with E-state index in [0.29, 0.717) is 17.0 Å². The zero-order valence-corrected chi connectivity index (χ0v) is 15.0. The maximum Gasteiger partial charge on any atom is 0.196 e. The van der Waals surface area contributed by atoms with Crippen molar-refractivity contribution in [2.45, 2.75) is 32.8 Å². The second-order valence-corrected chi connectivity index (χ2v) is 6.85. The Balaban J connectivity index is 2.34. The lowest BCUT2D eigenvalue weighted by atomic mass is 9.92. The maximum atomic E-state index is 12.8. The molecule has 1 unspecified atom stereocenters. The van der Waals surface area contributed by atoms with E-state index in [4.69, 9.17) is 0 Å². The SMILES string of the molecule is CC(C)CCc1cc(N(C)C)ccc1C(=O)C(O)c1ccccc1. The monoisotopic (exact) mass is 325 g/mol. The Labute approximate surface area is 144 Å². The quantitative estimate of drug-likeness (QED) is 0.773. The normalized spacial score (nSPS) is 12.2. The average molecular weight is 325 g/mol. The van der Waals surface area contributed by atoms with Crippen LogP contribution in [0.2, 0.25) is 0 Å². The predicted molar refractivity (Wildman–Crippen MR) is 99.7 cm³/mol. The highest BCUT2D eigenvalue weighted by atomic mass is 16.3. The third-order valence-electron chi connectivity index (χ3n) is 4.23. The molecule has 0 bridgehead atoms. The molecule has 2 rings (SSSR count). The van der Waals surface area contributed by atoms with E-state index in [1.54, 1.807) is 12.1 Å². The highest BCUT2D eigenvalue weighted by molar-refractivity contribution is 6.01. The van der Waals surface area contributed by atoms with Gasteiger partial charge in [-0.2, -0.15) is 0 Å². The van der Waals surface area contributed by atoms with Gasteiger partial charge < -0.3 is 10.0 Å². The van der Waals surface area contributed by atoms with Crippen molar-refractivity contribution in [2.24, 2.45) is 5.92 Å². The fourth-order valence-corrected chi connectivity index (χ4v) is 2.68. The van der Waals surface area contributed by atoms with Crippen molar-refractivity contribution in [2.75, 3.05) is 19.0 Å². The molecule has 1 atom stereocenters. The van der Waals surface area contributed by atoms with Gasteiger partial charge in [0, 0.05) is 25.3 Å². The first-order chi connectivity index (χ1) is 11.4. The molecule has 0 heterocycles.